The molecule has 1 fully saturated rings. The van der Waals surface area contributed by atoms with Crippen LogP contribution in [-0.2, 0) is 22.7 Å². The third-order valence-corrected chi connectivity index (χ3v) is 5.74. The van der Waals surface area contributed by atoms with Crippen LogP contribution in [0.5, 0.6) is 0 Å². The number of hydrazine groups is 1. The fraction of sp³-hybridized carbons (Fsp3) is 0.222. The summed E-state index contributed by atoms with van der Waals surface area (Å²) in [5.41, 5.74) is 9.24. The van der Waals surface area contributed by atoms with E-state index in [4.69, 9.17) is 10.5 Å². The number of esters is 1. The van der Waals surface area contributed by atoms with E-state index < -0.39 is 12.0 Å². The van der Waals surface area contributed by atoms with Gasteiger partial charge in [0, 0.05) is 25.3 Å². The molecule has 1 heterocycles. The fourth-order valence-corrected chi connectivity index (χ4v) is 3.87. The van der Waals surface area contributed by atoms with Gasteiger partial charge in [-0.1, -0.05) is 48.5 Å². The van der Waals surface area contributed by atoms with E-state index in [0.717, 1.165) is 17.5 Å². The number of hydrogen-bond acceptors (Lipinski definition) is 6. The molecular weight excluding hydrogens is 458 g/mol. The van der Waals surface area contributed by atoms with Crippen LogP contribution in [0.15, 0.2) is 78.9 Å². The normalized spacial score (nSPS) is 12.8. The van der Waals surface area contributed by atoms with Crippen molar-refractivity contribution in [2.75, 3.05) is 30.4 Å². The van der Waals surface area contributed by atoms with Crippen molar-refractivity contribution in [1.29, 1.82) is 0 Å². The first kappa shape index (κ1) is 24.6. The lowest BCUT2D eigenvalue weighted by Crippen LogP contribution is -2.48. The first-order valence-electron chi connectivity index (χ1n) is 11.7. The van der Waals surface area contributed by atoms with Crippen molar-refractivity contribution in [2.24, 2.45) is 0 Å². The summed E-state index contributed by atoms with van der Waals surface area (Å²) in [5, 5.41) is 8.75. The standard InChI is InChI=1S/C27H29N5O4/c28-23-12-10-20(11-13-23)17-29-27(35)30-18-25(33)32-15-5-14-31(32)24-9-4-8-22(16-24)26(34)36-19-21-6-2-1-3-7-21/h1-4,6-13,16H,5,14-15,17-19,28H2,(H2,29,30,35). The third kappa shape index (κ3) is 6.53. The summed E-state index contributed by atoms with van der Waals surface area (Å²) in [6.07, 6.45) is 0.776. The van der Waals surface area contributed by atoms with Crippen molar-refractivity contribution in [3.8, 4) is 0 Å². The summed E-state index contributed by atoms with van der Waals surface area (Å²) < 4.78 is 5.43. The number of ether oxygens (including phenoxy) is 1. The van der Waals surface area contributed by atoms with Crippen LogP contribution in [0, 0.1) is 0 Å². The zero-order valence-corrected chi connectivity index (χ0v) is 19.9. The number of amides is 3. The number of nitrogen functional groups attached to an aromatic ring is 1. The van der Waals surface area contributed by atoms with Gasteiger partial charge in [0.15, 0.2) is 0 Å². The first-order valence-corrected chi connectivity index (χ1v) is 11.7. The van der Waals surface area contributed by atoms with Gasteiger partial charge in [-0.05, 0) is 47.9 Å². The van der Waals surface area contributed by atoms with Crippen molar-refractivity contribution in [2.45, 2.75) is 19.6 Å². The topological polar surface area (TPSA) is 117 Å². The summed E-state index contributed by atoms with van der Waals surface area (Å²) in [6, 6.07) is 23.2. The second-order valence-electron chi connectivity index (χ2n) is 8.38. The number of benzene rings is 3. The first-order chi connectivity index (χ1) is 17.5. The Bertz CT molecular complexity index is 1200. The number of rotatable bonds is 8. The van der Waals surface area contributed by atoms with Crippen LogP contribution in [0.25, 0.3) is 0 Å². The summed E-state index contributed by atoms with van der Waals surface area (Å²) in [5.74, 6) is -0.676. The SMILES string of the molecule is Nc1ccc(CNC(=O)NCC(=O)N2CCCN2c2cccc(C(=O)OCc3ccccc3)c2)cc1. The second kappa shape index (κ2) is 11.7. The molecule has 9 heteroatoms. The zero-order chi connectivity index (χ0) is 25.3. The molecular formula is C27H29N5O4. The molecule has 0 aromatic heterocycles. The van der Waals surface area contributed by atoms with Gasteiger partial charge in [-0.15, -0.1) is 0 Å². The minimum atomic E-state index is -0.436. The molecule has 0 aliphatic carbocycles. The Hall–Kier alpha value is -4.53. The Kier molecular flexibility index (Phi) is 8.02. The van der Waals surface area contributed by atoms with Crippen molar-refractivity contribution in [1.82, 2.24) is 15.6 Å². The average Bonchev–Trinajstić information content (AvgIpc) is 3.41. The Labute approximate surface area is 209 Å². The second-order valence-corrected chi connectivity index (χ2v) is 8.38. The molecule has 1 aliphatic heterocycles. The molecule has 0 bridgehead atoms. The summed E-state index contributed by atoms with van der Waals surface area (Å²) in [6.45, 7) is 1.50. The van der Waals surface area contributed by atoms with Crippen molar-refractivity contribution < 1.29 is 19.1 Å². The number of nitrogens with one attached hydrogen (secondary N) is 2. The van der Waals surface area contributed by atoms with Gasteiger partial charge in [-0.25, -0.2) is 9.59 Å². The fourth-order valence-electron chi connectivity index (χ4n) is 3.87. The van der Waals surface area contributed by atoms with Crippen LogP contribution >= 0.6 is 0 Å². The highest BCUT2D eigenvalue weighted by Crippen LogP contribution is 2.23. The largest absolute Gasteiger partial charge is 0.457 e. The molecule has 0 atom stereocenters. The molecule has 3 amide bonds. The maximum atomic E-state index is 12.9. The van der Waals surface area contributed by atoms with Gasteiger partial charge in [-0.2, -0.15) is 0 Å². The predicted octanol–water partition coefficient (Wildman–Crippen LogP) is 3.08. The van der Waals surface area contributed by atoms with E-state index >= 15 is 0 Å². The number of hydrogen-bond donors (Lipinski definition) is 3. The summed E-state index contributed by atoms with van der Waals surface area (Å²) in [7, 11) is 0. The molecule has 3 aromatic rings. The maximum absolute atomic E-state index is 12.9. The molecule has 36 heavy (non-hydrogen) atoms. The maximum Gasteiger partial charge on any atom is 0.338 e. The highest BCUT2D eigenvalue weighted by Gasteiger charge is 2.27. The third-order valence-electron chi connectivity index (χ3n) is 5.74. The number of carbonyl (C=O) groups excluding carboxylic acids is 3. The van der Waals surface area contributed by atoms with Crippen LogP contribution in [0.3, 0.4) is 0 Å². The van der Waals surface area contributed by atoms with E-state index in [1.54, 1.807) is 35.3 Å². The van der Waals surface area contributed by atoms with E-state index in [0.29, 0.717) is 36.6 Å². The van der Waals surface area contributed by atoms with Gasteiger partial charge in [0.1, 0.15) is 13.2 Å². The quantitative estimate of drug-likeness (QED) is 0.332. The minimum Gasteiger partial charge on any atom is -0.457 e. The molecule has 0 saturated carbocycles. The molecule has 0 unspecified atom stereocenters. The van der Waals surface area contributed by atoms with E-state index in [1.807, 2.05) is 53.5 Å². The molecule has 1 aliphatic rings. The molecule has 4 N–H and O–H groups in total. The highest BCUT2D eigenvalue weighted by molar-refractivity contribution is 5.91. The van der Waals surface area contributed by atoms with E-state index in [1.165, 1.54) is 0 Å². The van der Waals surface area contributed by atoms with Crippen molar-refractivity contribution in [3.05, 3.63) is 95.6 Å². The van der Waals surface area contributed by atoms with Crippen LogP contribution < -0.4 is 21.4 Å². The lowest BCUT2D eigenvalue weighted by molar-refractivity contribution is -0.129. The predicted molar refractivity (Wildman–Crippen MR) is 137 cm³/mol. The number of nitrogens with zero attached hydrogens (tertiary/aromatic N) is 2. The monoisotopic (exact) mass is 487 g/mol. The number of carbonyl (C=O) groups is 3. The van der Waals surface area contributed by atoms with Crippen molar-refractivity contribution >= 4 is 29.3 Å². The summed E-state index contributed by atoms with van der Waals surface area (Å²) in [4.78, 5) is 37.6. The van der Waals surface area contributed by atoms with E-state index in [2.05, 4.69) is 10.6 Å². The number of urea groups is 1. The molecule has 3 aromatic carbocycles. The molecule has 186 valence electrons. The van der Waals surface area contributed by atoms with E-state index in [9.17, 15) is 14.4 Å². The van der Waals surface area contributed by atoms with Crippen molar-refractivity contribution in [3.63, 3.8) is 0 Å². The zero-order valence-electron chi connectivity index (χ0n) is 19.9. The average molecular weight is 488 g/mol. The Balaban J connectivity index is 1.30. The Morgan fingerprint density at radius 3 is 2.42 bits per heavy atom. The number of nitrogens with two attached hydrogens (primary N) is 1. The van der Waals surface area contributed by atoms with Crippen LogP contribution in [0.1, 0.15) is 27.9 Å². The van der Waals surface area contributed by atoms with Gasteiger partial charge in [-0.3, -0.25) is 14.8 Å². The minimum absolute atomic E-state index is 0.150. The Morgan fingerprint density at radius 1 is 0.861 bits per heavy atom. The van der Waals surface area contributed by atoms with Gasteiger partial charge >= 0.3 is 12.0 Å². The van der Waals surface area contributed by atoms with Gasteiger partial charge in [0.05, 0.1) is 11.3 Å². The molecule has 0 radical (unpaired) electrons. The van der Waals surface area contributed by atoms with Crippen LogP contribution in [0.2, 0.25) is 0 Å². The highest BCUT2D eigenvalue weighted by atomic mass is 16.5. The van der Waals surface area contributed by atoms with Crippen LogP contribution in [0.4, 0.5) is 16.2 Å². The number of anilines is 2. The van der Waals surface area contributed by atoms with Gasteiger partial charge in [0.25, 0.3) is 5.91 Å². The molecule has 4 rings (SSSR count). The van der Waals surface area contributed by atoms with Gasteiger partial charge < -0.3 is 21.1 Å². The molecule has 1 saturated heterocycles. The molecule has 9 nitrogen and oxygen atoms in total. The molecule has 0 spiro atoms. The smallest absolute Gasteiger partial charge is 0.338 e. The Morgan fingerprint density at radius 2 is 1.64 bits per heavy atom. The van der Waals surface area contributed by atoms with Gasteiger partial charge in [0.2, 0.25) is 0 Å². The lowest BCUT2D eigenvalue weighted by Gasteiger charge is -2.30. The summed E-state index contributed by atoms with van der Waals surface area (Å²) >= 11 is 0. The lowest BCUT2D eigenvalue weighted by atomic mass is 10.2. The van der Waals surface area contributed by atoms with Crippen LogP contribution in [-0.4, -0.2) is 42.6 Å². The van der Waals surface area contributed by atoms with E-state index in [-0.39, 0.29) is 19.1 Å².